The number of piperazine rings is 1. The SMILES string of the molecule is Cc1ccc(CN2CCNCC2)c(N)c1. The van der Waals surface area contributed by atoms with Crippen molar-refractivity contribution < 1.29 is 0 Å². The minimum absolute atomic E-state index is 0.925. The van der Waals surface area contributed by atoms with Gasteiger partial charge >= 0.3 is 0 Å². The summed E-state index contributed by atoms with van der Waals surface area (Å²) in [6.45, 7) is 7.47. The summed E-state index contributed by atoms with van der Waals surface area (Å²) in [5.41, 5.74) is 9.41. The molecule has 0 aromatic heterocycles. The summed E-state index contributed by atoms with van der Waals surface area (Å²) in [5, 5.41) is 3.35. The van der Waals surface area contributed by atoms with E-state index in [1.54, 1.807) is 0 Å². The summed E-state index contributed by atoms with van der Waals surface area (Å²) in [5.74, 6) is 0. The van der Waals surface area contributed by atoms with Gasteiger partial charge in [0.25, 0.3) is 0 Å². The smallest absolute Gasteiger partial charge is 0.0362 e. The molecule has 0 saturated carbocycles. The fourth-order valence-corrected chi connectivity index (χ4v) is 1.97. The largest absolute Gasteiger partial charge is 0.398 e. The zero-order valence-corrected chi connectivity index (χ0v) is 9.29. The first-order valence-corrected chi connectivity index (χ1v) is 5.54. The number of hydrogen-bond donors (Lipinski definition) is 2. The van der Waals surface area contributed by atoms with E-state index < -0.39 is 0 Å². The molecule has 1 saturated heterocycles. The molecule has 3 heteroatoms. The van der Waals surface area contributed by atoms with Gasteiger partial charge in [0, 0.05) is 38.4 Å². The zero-order chi connectivity index (χ0) is 10.7. The third-order valence-corrected chi connectivity index (χ3v) is 2.90. The molecule has 3 nitrogen and oxygen atoms in total. The monoisotopic (exact) mass is 205 g/mol. The van der Waals surface area contributed by atoms with Crippen LogP contribution in [0, 0.1) is 6.92 Å². The van der Waals surface area contributed by atoms with Gasteiger partial charge in [-0.1, -0.05) is 12.1 Å². The maximum absolute atomic E-state index is 6.00. The van der Waals surface area contributed by atoms with Crippen molar-refractivity contribution in [3.05, 3.63) is 29.3 Å². The van der Waals surface area contributed by atoms with Gasteiger partial charge in [0.05, 0.1) is 0 Å². The first-order chi connectivity index (χ1) is 7.25. The predicted octanol–water partition coefficient (Wildman–Crippen LogP) is 0.982. The molecule has 0 atom stereocenters. The van der Waals surface area contributed by atoms with Crippen LogP contribution in [-0.4, -0.2) is 31.1 Å². The molecule has 1 aromatic carbocycles. The van der Waals surface area contributed by atoms with Crippen molar-refractivity contribution in [1.82, 2.24) is 10.2 Å². The Morgan fingerprint density at radius 2 is 2.07 bits per heavy atom. The molecule has 0 aliphatic carbocycles. The van der Waals surface area contributed by atoms with E-state index in [9.17, 15) is 0 Å². The molecule has 1 aliphatic heterocycles. The van der Waals surface area contributed by atoms with E-state index in [0.717, 1.165) is 38.4 Å². The minimum atomic E-state index is 0.925. The summed E-state index contributed by atoms with van der Waals surface area (Å²) < 4.78 is 0. The number of nitrogens with one attached hydrogen (secondary N) is 1. The molecule has 0 radical (unpaired) electrons. The van der Waals surface area contributed by atoms with Crippen LogP contribution in [0.1, 0.15) is 11.1 Å². The van der Waals surface area contributed by atoms with Crippen molar-refractivity contribution >= 4 is 5.69 Å². The van der Waals surface area contributed by atoms with Gasteiger partial charge in [-0.2, -0.15) is 0 Å². The molecule has 1 fully saturated rings. The summed E-state index contributed by atoms with van der Waals surface area (Å²) in [6, 6.07) is 6.33. The molecule has 2 rings (SSSR count). The Labute approximate surface area is 91.3 Å². The van der Waals surface area contributed by atoms with Crippen molar-refractivity contribution in [2.45, 2.75) is 13.5 Å². The van der Waals surface area contributed by atoms with Crippen LogP contribution in [0.3, 0.4) is 0 Å². The van der Waals surface area contributed by atoms with Crippen LogP contribution < -0.4 is 11.1 Å². The Kier molecular flexibility index (Phi) is 3.23. The van der Waals surface area contributed by atoms with E-state index in [1.165, 1.54) is 11.1 Å². The van der Waals surface area contributed by atoms with Gasteiger partial charge in [-0.05, 0) is 24.1 Å². The molecule has 1 heterocycles. The van der Waals surface area contributed by atoms with Crippen LogP contribution >= 0.6 is 0 Å². The first kappa shape index (κ1) is 10.5. The maximum atomic E-state index is 6.00. The Balaban J connectivity index is 2.03. The Hall–Kier alpha value is -1.06. The zero-order valence-electron chi connectivity index (χ0n) is 9.29. The molecule has 1 aromatic rings. The van der Waals surface area contributed by atoms with Crippen LogP contribution in [0.4, 0.5) is 5.69 Å². The molecule has 3 N–H and O–H groups in total. The second-order valence-electron chi connectivity index (χ2n) is 4.23. The third-order valence-electron chi connectivity index (χ3n) is 2.90. The predicted molar refractivity (Wildman–Crippen MR) is 63.7 cm³/mol. The van der Waals surface area contributed by atoms with Gasteiger partial charge < -0.3 is 11.1 Å². The van der Waals surface area contributed by atoms with Gasteiger partial charge in [0.15, 0.2) is 0 Å². The first-order valence-electron chi connectivity index (χ1n) is 5.54. The van der Waals surface area contributed by atoms with Gasteiger partial charge in [0.1, 0.15) is 0 Å². The highest BCUT2D eigenvalue weighted by Gasteiger charge is 2.10. The van der Waals surface area contributed by atoms with E-state index in [-0.39, 0.29) is 0 Å². The average Bonchev–Trinajstić information content (AvgIpc) is 2.24. The molecule has 0 unspecified atom stereocenters. The van der Waals surface area contributed by atoms with E-state index >= 15 is 0 Å². The number of nitrogens with zero attached hydrogens (tertiary/aromatic N) is 1. The highest BCUT2D eigenvalue weighted by molar-refractivity contribution is 5.48. The topological polar surface area (TPSA) is 41.3 Å². The molecule has 0 bridgehead atoms. The van der Waals surface area contributed by atoms with Gasteiger partial charge in [-0.15, -0.1) is 0 Å². The molecular formula is C12H19N3. The number of nitrogens with two attached hydrogens (primary N) is 1. The lowest BCUT2D eigenvalue weighted by Crippen LogP contribution is -2.42. The molecule has 0 spiro atoms. The molecular weight excluding hydrogens is 186 g/mol. The second-order valence-corrected chi connectivity index (χ2v) is 4.23. The fourth-order valence-electron chi connectivity index (χ4n) is 1.97. The second kappa shape index (κ2) is 4.64. The Morgan fingerprint density at radius 3 is 2.73 bits per heavy atom. The lowest BCUT2D eigenvalue weighted by atomic mass is 10.1. The van der Waals surface area contributed by atoms with Crippen LogP contribution in [-0.2, 0) is 6.54 Å². The Bertz CT molecular complexity index is 330. The van der Waals surface area contributed by atoms with Crippen molar-refractivity contribution in [3.63, 3.8) is 0 Å². The summed E-state index contributed by atoms with van der Waals surface area (Å²) in [7, 11) is 0. The van der Waals surface area contributed by atoms with E-state index in [4.69, 9.17) is 5.73 Å². The standard InChI is InChI=1S/C12H19N3/c1-10-2-3-11(12(13)8-10)9-15-6-4-14-5-7-15/h2-3,8,14H,4-7,9,13H2,1H3. The van der Waals surface area contributed by atoms with Crippen LogP contribution in [0.25, 0.3) is 0 Å². The molecule has 15 heavy (non-hydrogen) atoms. The van der Waals surface area contributed by atoms with Crippen LogP contribution in [0.5, 0.6) is 0 Å². The van der Waals surface area contributed by atoms with Gasteiger partial charge in [-0.25, -0.2) is 0 Å². The van der Waals surface area contributed by atoms with Crippen molar-refractivity contribution in [3.8, 4) is 0 Å². The summed E-state index contributed by atoms with van der Waals surface area (Å²) >= 11 is 0. The number of rotatable bonds is 2. The maximum Gasteiger partial charge on any atom is 0.0362 e. The molecule has 0 amide bonds. The van der Waals surface area contributed by atoms with E-state index in [0.29, 0.717) is 0 Å². The summed E-state index contributed by atoms with van der Waals surface area (Å²) in [4.78, 5) is 2.44. The van der Waals surface area contributed by atoms with Crippen molar-refractivity contribution in [2.75, 3.05) is 31.9 Å². The molecule has 1 aliphatic rings. The number of anilines is 1. The summed E-state index contributed by atoms with van der Waals surface area (Å²) in [6.07, 6.45) is 0. The normalized spacial score (nSPS) is 17.9. The van der Waals surface area contributed by atoms with E-state index in [2.05, 4.69) is 35.3 Å². The van der Waals surface area contributed by atoms with E-state index in [1.807, 2.05) is 0 Å². The Morgan fingerprint density at radius 1 is 1.33 bits per heavy atom. The third kappa shape index (κ3) is 2.70. The van der Waals surface area contributed by atoms with Gasteiger partial charge in [0.2, 0.25) is 0 Å². The number of benzene rings is 1. The minimum Gasteiger partial charge on any atom is -0.398 e. The van der Waals surface area contributed by atoms with Crippen LogP contribution in [0.2, 0.25) is 0 Å². The molecule has 82 valence electrons. The highest BCUT2D eigenvalue weighted by atomic mass is 15.2. The lowest BCUT2D eigenvalue weighted by molar-refractivity contribution is 0.233. The fraction of sp³-hybridized carbons (Fsp3) is 0.500. The van der Waals surface area contributed by atoms with Crippen LogP contribution in [0.15, 0.2) is 18.2 Å². The number of nitrogen functional groups attached to an aromatic ring is 1. The van der Waals surface area contributed by atoms with Gasteiger partial charge in [-0.3, -0.25) is 4.90 Å². The number of aryl methyl sites for hydroxylation is 1. The quantitative estimate of drug-likeness (QED) is 0.707. The van der Waals surface area contributed by atoms with Crippen molar-refractivity contribution in [1.29, 1.82) is 0 Å². The average molecular weight is 205 g/mol. The van der Waals surface area contributed by atoms with Crippen molar-refractivity contribution in [2.24, 2.45) is 0 Å². The lowest BCUT2D eigenvalue weighted by Gasteiger charge is -2.27. The highest BCUT2D eigenvalue weighted by Crippen LogP contribution is 2.16. The number of hydrogen-bond acceptors (Lipinski definition) is 3.